The number of halogens is 8. The fourth-order valence-electron chi connectivity index (χ4n) is 4.79. The number of nitrogens with zero attached hydrogens (tertiary/aromatic N) is 2. The Kier molecular flexibility index (Phi) is 10.3. The van der Waals surface area contributed by atoms with Crippen molar-refractivity contribution in [3.8, 4) is 5.88 Å². The van der Waals surface area contributed by atoms with Gasteiger partial charge >= 0.3 is 12.4 Å². The van der Waals surface area contributed by atoms with Gasteiger partial charge in [0.1, 0.15) is 12.2 Å². The number of alkyl halides is 8. The molecule has 3 aromatic rings. The molecular weight excluding hydrogens is 624 g/mol. The third-order valence-electron chi connectivity index (χ3n) is 6.96. The number of nitrogens with one attached hydrogen (secondary N) is 4. The van der Waals surface area contributed by atoms with Crippen molar-refractivity contribution in [2.75, 3.05) is 25.6 Å². The molecular formula is C27H28F8N6O4. The van der Waals surface area contributed by atoms with E-state index >= 15 is 0 Å². The van der Waals surface area contributed by atoms with Gasteiger partial charge < -0.3 is 30.4 Å². The molecule has 0 radical (unpaired) electrons. The molecule has 0 spiro atoms. The average molecular weight is 653 g/mol. The van der Waals surface area contributed by atoms with E-state index in [2.05, 4.69) is 30.9 Å². The van der Waals surface area contributed by atoms with Gasteiger partial charge in [-0.05, 0) is 49.4 Å². The van der Waals surface area contributed by atoms with E-state index < -0.39 is 66.3 Å². The van der Waals surface area contributed by atoms with Crippen LogP contribution in [0.2, 0.25) is 0 Å². The third kappa shape index (κ3) is 8.92. The molecule has 4 rings (SSSR count). The number of imidazole rings is 1. The normalized spacial score (nSPS) is 17.4. The number of methoxy groups -OCH3 is 1. The lowest BCUT2D eigenvalue weighted by Crippen LogP contribution is -2.40. The summed E-state index contributed by atoms with van der Waals surface area (Å²) in [7, 11) is 1.30. The molecule has 2 aromatic heterocycles. The van der Waals surface area contributed by atoms with Crippen LogP contribution in [-0.2, 0) is 22.3 Å². The fourth-order valence-corrected chi connectivity index (χ4v) is 4.79. The number of benzene rings is 1. The quantitative estimate of drug-likeness (QED) is 0.202. The molecule has 0 unspecified atom stereocenters. The molecule has 1 fully saturated rings. The van der Waals surface area contributed by atoms with Gasteiger partial charge in [0, 0.05) is 19.7 Å². The van der Waals surface area contributed by atoms with Crippen molar-refractivity contribution >= 4 is 34.6 Å². The maximum Gasteiger partial charge on any atom is 0.418 e. The Labute approximate surface area is 250 Å². The number of pyridine rings is 1. The number of hydrogen-bond acceptors (Lipinski definition) is 7. The van der Waals surface area contributed by atoms with Gasteiger partial charge in [-0.3, -0.25) is 9.59 Å². The van der Waals surface area contributed by atoms with E-state index in [1.54, 1.807) is 0 Å². The maximum absolute atomic E-state index is 13.8. The number of ether oxygens (including phenoxy) is 2. The maximum atomic E-state index is 13.8. The molecule has 4 N–H and O–H groups in total. The van der Waals surface area contributed by atoms with Crippen LogP contribution in [-0.4, -0.2) is 65.7 Å². The van der Waals surface area contributed by atoms with Crippen LogP contribution in [0.5, 0.6) is 5.88 Å². The van der Waals surface area contributed by atoms with Crippen molar-refractivity contribution in [2.45, 2.75) is 57.0 Å². The number of anilines is 2. The van der Waals surface area contributed by atoms with Crippen LogP contribution in [0.15, 0.2) is 24.3 Å². The molecule has 1 aliphatic carbocycles. The molecule has 2 amide bonds. The van der Waals surface area contributed by atoms with E-state index in [9.17, 15) is 44.7 Å². The van der Waals surface area contributed by atoms with E-state index in [0.29, 0.717) is 5.56 Å². The topological polar surface area (TPSA) is 130 Å². The molecule has 0 saturated heterocycles. The molecule has 0 bridgehead atoms. The van der Waals surface area contributed by atoms with Gasteiger partial charge in [0.2, 0.25) is 17.7 Å². The van der Waals surface area contributed by atoms with Crippen LogP contribution in [0.4, 0.5) is 46.8 Å². The molecule has 2 heterocycles. The second kappa shape index (κ2) is 13.8. The summed E-state index contributed by atoms with van der Waals surface area (Å²) >= 11 is 0. The second-order valence-corrected chi connectivity index (χ2v) is 10.3. The average Bonchev–Trinajstić information content (AvgIpc) is 3.35. The van der Waals surface area contributed by atoms with Gasteiger partial charge in [-0.25, -0.2) is 8.78 Å². The molecule has 0 atom stereocenters. The zero-order valence-electron chi connectivity index (χ0n) is 23.5. The first-order valence-corrected chi connectivity index (χ1v) is 13.6. The minimum absolute atomic E-state index is 0.0179. The highest BCUT2D eigenvalue weighted by Gasteiger charge is 2.41. The van der Waals surface area contributed by atoms with Gasteiger partial charge in [0.05, 0.1) is 22.7 Å². The largest absolute Gasteiger partial charge is 0.471 e. The molecule has 18 heteroatoms. The standard InChI is InChI=1S/C27H28F8N6O4/c1-44-12-21(42)36-10-13-2-7-17(27(33,34)35)18(8-13)38-25-39-19-9-16(24(40-22(19)41-25)45-11-20(28)29)23(43)37-15-5-3-14(4-6-15)26(30,31)32/h2,7-9,14-15,20H,3-6,10-12H2,1H3,(H,36,42)(H,37,43)(H2,38,39,40,41). The lowest BCUT2D eigenvalue weighted by Gasteiger charge is -2.30. The number of rotatable bonds is 11. The molecule has 246 valence electrons. The van der Waals surface area contributed by atoms with Crippen molar-refractivity contribution in [1.82, 2.24) is 25.6 Å². The van der Waals surface area contributed by atoms with Crippen molar-refractivity contribution in [2.24, 2.45) is 5.92 Å². The smallest absolute Gasteiger partial charge is 0.418 e. The molecule has 45 heavy (non-hydrogen) atoms. The van der Waals surface area contributed by atoms with Crippen molar-refractivity contribution in [1.29, 1.82) is 0 Å². The summed E-state index contributed by atoms with van der Waals surface area (Å²) in [5.41, 5.74) is -1.72. The van der Waals surface area contributed by atoms with Crippen LogP contribution < -0.4 is 20.7 Å². The highest BCUT2D eigenvalue weighted by Crippen LogP contribution is 2.38. The predicted molar refractivity (Wildman–Crippen MR) is 143 cm³/mol. The van der Waals surface area contributed by atoms with Gasteiger partial charge in [-0.1, -0.05) is 6.07 Å². The summed E-state index contributed by atoms with van der Waals surface area (Å²) in [5.74, 6) is -3.64. The Balaban J connectivity index is 1.59. The third-order valence-corrected chi connectivity index (χ3v) is 6.96. The van der Waals surface area contributed by atoms with Crippen LogP contribution in [0.3, 0.4) is 0 Å². The summed E-state index contributed by atoms with van der Waals surface area (Å²) in [5, 5.41) is 7.57. The van der Waals surface area contributed by atoms with E-state index in [1.165, 1.54) is 13.2 Å². The highest BCUT2D eigenvalue weighted by atomic mass is 19.4. The Morgan fingerprint density at radius 2 is 1.76 bits per heavy atom. The van der Waals surface area contributed by atoms with Gasteiger partial charge in [0.15, 0.2) is 12.3 Å². The lowest BCUT2D eigenvalue weighted by atomic mass is 9.85. The summed E-state index contributed by atoms with van der Waals surface area (Å²) in [4.78, 5) is 35.5. The number of fused-ring (bicyclic) bond motifs is 1. The fraction of sp³-hybridized carbons (Fsp3) is 0.481. The number of hydrogen-bond donors (Lipinski definition) is 4. The Hall–Kier alpha value is -4.22. The summed E-state index contributed by atoms with van der Waals surface area (Å²) < 4.78 is 116. The number of carbonyl (C=O) groups is 2. The Bertz CT molecular complexity index is 1500. The van der Waals surface area contributed by atoms with Crippen LogP contribution in [0.25, 0.3) is 11.2 Å². The van der Waals surface area contributed by atoms with Gasteiger partial charge in [-0.15, -0.1) is 0 Å². The zero-order valence-corrected chi connectivity index (χ0v) is 23.5. The van der Waals surface area contributed by atoms with Crippen molar-refractivity contribution < 1.29 is 54.2 Å². The van der Waals surface area contributed by atoms with E-state index in [0.717, 1.165) is 18.2 Å². The summed E-state index contributed by atoms with van der Waals surface area (Å²) in [6.07, 6.45) is -12.4. The Morgan fingerprint density at radius 1 is 1.04 bits per heavy atom. The van der Waals surface area contributed by atoms with Crippen LogP contribution in [0.1, 0.15) is 47.2 Å². The van der Waals surface area contributed by atoms with Crippen molar-refractivity contribution in [3.05, 3.63) is 41.0 Å². The monoisotopic (exact) mass is 652 g/mol. The number of aromatic amines is 1. The van der Waals surface area contributed by atoms with Crippen molar-refractivity contribution in [3.63, 3.8) is 0 Å². The van der Waals surface area contributed by atoms with E-state index in [1.807, 2.05) is 0 Å². The molecule has 0 aliphatic heterocycles. The Morgan fingerprint density at radius 3 is 2.38 bits per heavy atom. The number of carbonyl (C=O) groups excluding carboxylic acids is 2. The number of H-pyrrole nitrogens is 1. The molecule has 1 saturated carbocycles. The highest BCUT2D eigenvalue weighted by molar-refractivity contribution is 5.99. The minimum atomic E-state index is -4.79. The zero-order chi connectivity index (χ0) is 32.9. The first kappa shape index (κ1) is 33.7. The van der Waals surface area contributed by atoms with Crippen LogP contribution in [0, 0.1) is 5.92 Å². The van der Waals surface area contributed by atoms with Crippen LogP contribution >= 0.6 is 0 Å². The lowest BCUT2D eigenvalue weighted by molar-refractivity contribution is -0.182. The predicted octanol–water partition coefficient (Wildman–Crippen LogP) is 5.48. The second-order valence-electron chi connectivity index (χ2n) is 10.3. The molecule has 1 aliphatic rings. The first-order valence-electron chi connectivity index (χ1n) is 13.6. The van der Waals surface area contributed by atoms with Gasteiger partial charge in [-0.2, -0.15) is 36.3 Å². The summed E-state index contributed by atoms with van der Waals surface area (Å²) in [6, 6.07) is 3.64. The first-order chi connectivity index (χ1) is 21.1. The molecule has 1 aromatic carbocycles. The minimum Gasteiger partial charge on any atom is -0.471 e. The number of amides is 2. The van der Waals surface area contributed by atoms with E-state index in [-0.39, 0.29) is 61.5 Å². The number of aromatic nitrogens is 3. The molecule has 10 nitrogen and oxygen atoms in total. The SMILES string of the molecule is COCC(=O)NCc1ccc(C(F)(F)F)c(Nc2nc3nc(OCC(F)F)c(C(=O)NC4CCC(C(F)(F)F)CC4)cc3[nH]2)c1. The van der Waals surface area contributed by atoms with E-state index in [4.69, 9.17) is 9.47 Å². The summed E-state index contributed by atoms with van der Waals surface area (Å²) in [6.45, 7) is -1.51. The van der Waals surface area contributed by atoms with Gasteiger partial charge in [0.25, 0.3) is 12.3 Å².